The fraction of sp³-hybridized carbons (Fsp3) is 0.455. The Morgan fingerprint density at radius 1 is 1.26 bits per heavy atom. The lowest BCUT2D eigenvalue weighted by molar-refractivity contribution is -0.128. The van der Waals surface area contributed by atoms with Crippen LogP contribution in [0.4, 0.5) is 4.39 Å². The van der Waals surface area contributed by atoms with Crippen molar-refractivity contribution in [1.29, 1.82) is 0 Å². The van der Waals surface area contributed by atoms with E-state index in [0.29, 0.717) is 0 Å². The predicted octanol–water partition coefficient (Wildman–Crippen LogP) is 3.23. The van der Waals surface area contributed by atoms with Gasteiger partial charge in [-0.25, -0.2) is 9.07 Å². The lowest BCUT2D eigenvalue weighted by Crippen LogP contribution is -2.42. The van der Waals surface area contributed by atoms with E-state index in [2.05, 4.69) is 26.3 Å². The summed E-state index contributed by atoms with van der Waals surface area (Å²) in [6, 6.07) is 8.01. The summed E-state index contributed by atoms with van der Waals surface area (Å²) in [5, 5.41) is 14.1. The number of ketones is 1. The number of hydrogen-bond acceptors (Lipinski definition) is 5. The zero-order chi connectivity index (χ0) is 24.0. The van der Waals surface area contributed by atoms with Crippen molar-refractivity contribution in [2.75, 3.05) is 13.3 Å². The van der Waals surface area contributed by atoms with Gasteiger partial charge < -0.3 is 10.4 Å². The summed E-state index contributed by atoms with van der Waals surface area (Å²) >= 11 is 3.38. The number of aliphatic hydroxyl groups excluding tert-OH is 1. The smallest absolute Gasteiger partial charge is 0.271 e. The molecule has 2 aromatic rings. The van der Waals surface area contributed by atoms with Gasteiger partial charge in [-0.3, -0.25) is 14.4 Å². The molecule has 31 heavy (non-hydrogen) atoms. The SMILES string of the molecule is CC.CC(NC(=O)C(C)c1ccnn(Cc2cccc(Br)c2)c1=O)C(=O)CF.CCO. The summed E-state index contributed by atoms with van der Waals surface area (Å²) in [4.78, 5) is 36.2. The first-order valence-electron chi connectivity index (χ1n) is 10.0. The number of benzene rings is 1. The molecule has 0 aliphatic carbocycles. The van der Waals surface area contributed by atoms with Gasteiger partial charge in [-0.2, -0.15) is 5.10 Å². The first-order valence-corrected chi connectivity index (χ1v) is 10.8. The summed E-state index contributed by atoms with van der Waals surface area (Å²) in [6.07, 6.45) is 1.45. The largest absolute Gasteiger partial charge is 0.397 e. The molecule has 0 saturated heterocycles. The molecular formula is C22H31BrFN3O4. The van der Waals surface area contributed by atoms with Gasteiger partial charge in [0.2, 0.25) is 5.91 Å². The van der Waals surface area contributed by atoms with Gasteiger partial charge in [-0.1, -0.05) is 41.9 Å². The van der Waals surface area contributed by atoms with E-state index in [1.54, 1.807) is 13.8 Å². The molecule has 0 radical (unpaired) electrons. The third kappa shape index (κ3) is 9.52. The molecule has 0 aliphatic heterocycles. The minimum Gasteiger partial charge on any atom is -0.397 e. The van der Waals surface area contributed by atoms with E-state index < -0.39 is 30.3 Å². The van der Waals surface area contributed by atoms with Crippen LogP contribution in [0.15, 0.2) is 45.8 Å². The fourth-order valence-corrected chi connectivity index (χ4v) is 2.84. The molecule has 9 heteroatoms. The van der Waals surface area contributed by atoms with E-state index in [4.69, 9.17) is 5.11 Å². The minimum absolute atomic E-state index is 0.250. The van der Waals surface area contributed by atoms with Crippen molar-refractivity contribution >= 4 is 27.6 Å². The summed E-state index contributed by atoms with van der Waals surface area (Å²) in [5.74, 6) is -2.03. The monoisotopic (exact) mass is 499 g/mol. The number of Topliss-reactive ketones (excluding diaryl/α,β-unsaturated/α-hetero) is 1. The van der Waals surface area contributed by atoms with Crippen molar-refractivity contribution in [2.24, 2.45) is 0 Å². The average Bonchev–Trinajstić information content (AvgIpc) is 2.76. The van der Waals surface area contributed by atoms with E-state index in [9.17, 15) is 18.8 Å². The number of nitrogens with one attached hydrogen (secondary N) is 1. The molecule has 2 N–H and O–H groups in total. The van der Waals surface area contributed by atoms with Crippen molar-refractivity contribution in [3.05, 3.63) is 62.5 Å². The average molecular weight is 500 g/mol. The second-order valence-corrected chi connectivity index (χ2v) is 7.16. The predicted molar refractivity (Wildman–Crippen MR) is 123 cm³/mol. The quantitative estimate of drug-likeness (QED) is 0.608. The minimum atomic E-state index is -1.15. The van der Waals surface area contributed by atoms with E-state index in [1.807, 2.05) is 38.1 Å². The van der Waals surface area contributed by atoms with Gasteiger partial charge in [0.1, 0.15) is 6.67 Å². The van der Waals surface area contributed by atoms with Gasteiger partial charge in [-0.05, 0) is 44.5 Å². The van der Waals surface area contributed by atoms with Crippen LogP contribution in [0.5, 0.6) is 0 Å². The topological polar surface area (TPSA) is 101 Å². The molecule has 172 valence electrons. The molecule has 0 spiro atoms. The van der Waals surface area contributed by atoms with Crippen LogP contribution in [-0.4, -0.2) is 45.9 Å². The standard InChI is InChI=1S/C18H19BrFN3O3.C2H6O.C2H6/c1-11(17(25)22-12(2)16(24)9-20)15-6-7-21-23(18(15)26)10-13-4-3-5-14(19)8-13;1-2-3;1-2/h3-8,11-12H,9-10H2,1-2H3,(H,22,25);3H,2H2,1H3;1-2H3. The van der Waals surface area contributed by atoms with Crippen LogP contribution in [0.25, 0.3) is 0 Å². The van der Waals surface area contributed by atoms with Gasteiger partial charge in [0.15, 0.2) is 5.78 Å². The van der Waals surface area contributed by atoms with Gasteiger partial charge in [0.25, 0.3) is 5.56 Å². The van der Waals surface area contributed by atoms with Crippen molar-refractivity contribution in [3.63, 3.8) is 0 Å². The Morgan fingerprint density at radius 3 is 2.42 bits per heavy atom. The third-order valence-electron chi connectivity index (χ3n) is 4.00. The number of alkyl halides is 1. The highest BCUT2D eigenvalue weighted by Crippen LogP contribution is 2.13. The van der Waals surface area contributed by atoms with E-state index >= 15 is 0 Å². The van der Waals surface area contributed by atoms with Crippen molar-refractivity contribution in [1.82, 2.24) is 15.1 Å². The number of carbonyl (C=O) groups is 2. The molecular weight excluding hydrogens is 469 g/mol. The zero-order valence-electron chi connectivity index (χ0n) is 18.6. The Morgan fingerprint density at radius 2 is 1.87 bits per heavy atom. The molecule has 0 saturated carbocycles. The molecule has 2 rings (SSSR count). The molecule has 1 amide bonds. The van der Waals surface area contributed by atoms with Crippen LogP contribution < -0.4 is 10.9 Å². The maximum Gasteiger partial charge on any atom is 0.271 e. The normalized spacial score (nSPS) is 11.7. The Balaban J connectivity index is 0.00000165. The summed E-state index contributed by atoms with van der Waals surface area (Å²) in [7, 11) is 0. The molecule has 2 atom stereocenters. The van der Waals surface area contributed by atoms with Gasteiger partial charge >= 0.3 is 0 Å². The molecule has 7 nitrogen and oxygen atoms in total. The maximum atomic E-state index is 12.7. The van der Waals surface area contributed by atoms with Crippen LogP contribution in [0, 0.1) is 0 Å². The van der Waals surface area contributed by atoms with Crippen LogP contribution in [0.1, 0.15) is 51.7 Å². The van der Waals surface area contributed by atoms with E-state index in [-0.39, 0.29) is 24.3 Å². The molecule has 0 bridgehead atoms. The lowest BCUT2D eigenvalue weighted by Gasteiger charge is -2.16. The summed E-state index contributed by atoms with van der Waals surface area (Å²) in [6.45, 7) is 8.01. The second-order valence-electron chi connectivity index (χ2n) is 6.25. The first-order chi connectivity index (χ1) is 14.7. The van der Waals surface area contributed by atoms with E-state index in [1.165, 1.54) is 23.9 Å². The Kier molecular flexibility index (Phi) is 14.2. The molecule has 0 fully saturated rings. The number of hydrogen-bond donors (Lipinski definition) is 2. The molecule has 2 unspecified atom stereocenters. The highest BCUT2D eigenvalue weighted by molar-refractivity contribution is 9.10. The Labute approximate surface area is 190 Å². The van der Waals surface area contributed by atoms with Crippen molar-refractivity contribution in [3.8, 4) is 0 Å². The lowest BCUT2D eigenvalue weighted by atomic mass is 10.0. The number of aliphatic hydroxyl groups is 1. The molecule has 1 aromatic heterocycles. The highest BCUT2D eigenvalue weighted by Gasteiger charge is 2.23. The van der Waals surface area contributed by atoms with Gasteiger partial charge in [-0.15, -0.1) is 0 Å². The summed E-state index contributed by atoms with van der Waals surface area (Å²) in [5.41, 5.74) is 0.748. The van der Waals surface area contributed by atoms with Crippen molar-refractivity contribution < 1.29 is 19.1 Å². The molecule has 1 heterocycles. The highest BCUT2D eigenvalue weighted by atomic mass is 79.9. The van der Waals surface area contributed by atoms with Crippen LogP contribution in [0.2, 0.25) is 0 Å². The first kappa shape index (κ1) is 28.6. The number of halogens is 2. The number of aromatic nitrogens is 2. The molecule has 1 aromatic carbocycles. The Bertz CT molecular complexity index is 889. The summed E-state index contributed by atoms with van der Waals surface area (Å²) < 4.78 is 14.6. The van der Waals surface area contributed by atoms with Crippen molar-refractivity contribution in [2.45, 2.75) is 53.1 Å². The zero-order valence-corrected chi connectivity index (χ0v) is 20.1. The van der Waals surface area contributed by atoms with Crippen LogP contribution >= 0.6 is 15.9 Å². The number of amides is 1. The number of rotatable bonds is 7. The van der Waals surface area contributed by atoms with Gasteiger partial charge in [0.05, 0.1) is 18.5 Å². The van der Waals surface area contributed by atoms with Crippen LogP contribution in [-0.2, 0) is 16.1 Å². The number of carbonyl (C=O) groups excluding carboxylic acids is 2. The number of nitrogens with zero attached hydrogens (tertiary/aromatic N) is 2. The maximum absolute atomic E-state index is 12.7. The van der Waals surface area contributed by atoms with E-state index in [0.717, 1.165) is 10.0 Å². The second kappa shape index (κ2) is 15.4. The van der Waals surface area contributed by atoms with Gasteiger partial charge in [0, 0.05) is 22.8 Å². The Hall–Kier alpha value is -2.39. The third-order valence-corrected chi connectivity index (χ3v) is 4.49. The molecule has 0 aliphatic rings. The van der Waals surface area contributed by atoms with Crippen LogP contribution in [0.3, 0.4) is 0 Å². The fourth-order valence-electron chi connectivity index (χ4n) is 2.39.